The zero-order chi connectivity index (χ0) is 27.0. The summed E-state index contributed by atoms with van der Waals surface area (Å²) in [7, 11) is 0. The van der Waals surface area contributed by atoms with Gasteiger partial charge in [-0.05, 0) is 69.4 Å². The third-order valence-corrected chi connectivity index (χ3v) is 8.42. The molecule has 2 atom stereocenters. The molecule has 1 N–H and O–H groups in total. The van der Waals surface area contributed by atoms with E-state index < -0.39 is 22.9 Å². The third-order valence-electron chi connectivity index (χ3n) is 8.42. The van der Waals surface area contributed by atoms with E-state index in [0.29, 0.717) is 42.0 Å². The summed E-state index contributed by atoms with van der Waals surface area (Å²) in [5.41, 5.74) is 1.28. The maximum Gasteiger partial charge on any atom is 0.339 e. The van der Waals surface area contributed by atoms with Crippen LogP contribution in [0.1, 0.15) is 60.8 Å². The molecule has 1 saturated carbocycles. The van der Waals surface area contributed by atoms with Crippen LogP contribution in [-0.4, -0.2) is 34.6 Å². The minimum atomic E-state index is -0.691. The zero-order valence-electron chi connectivity index (χ0n) is 21.8. The van der Waals surface area contributed by atoms with E-state index in [-0.39, 0.29) is 36.8 Å². The first-order valence-corrected chi connectivity index (χ1v) is 13.3. The predicted molar refractivity (Wildman–Crippen MR) is 139 cm³/mol. The lowest BCUT2D eigenvalue weighted by molar-refractivity contribution is -0.143. The smallest absolute Gasteiger partial charge is 0.339 e. The highest BCUT2D eigenvalue weighted by atomic mass is 19.1. The van der Waals surface area contributed by atoms with Gasteiger partial charge in [0, 0.05) is 53.6 Å². The Morgan fingerprint density at radius 1 is 1.16 bits per heavy atom. The second kappa shape index (κ2) is 10.5. The molecule has 1 saturated heterocycles. The first-order valence-electron chi connectivity index (χ1n) is 13.3. The Hall–Kier alpha value is -3.26. The van der Waals surface area contributed by atoms with Gasteiger partial charge in [0.25, 0.3) is 0 Å². The van der Waals surface area contributed by atoms with Gasteiger partial charge in [0.1, 0.15) is 29.6 Å². The van der Waals surface area contributed by atoms with Crippen LogP contribution < -0.4 is 10.4 Å². The Morgan fingerprint density at radius 3 is 2.76 bits per heavy atom. The van der Waals surface area contributed by atoms with Crippen molar-refractivity contribution in [3.05, 3.63) is 74.6 Å². The highest BCUT2D eigenvalue weighted by Gasteiger charge is 2.43. The molecule has 1 amide bonds. The van der Waals surface area contributed by atoms with Gasteiger partial charge < -0.3 is 19.2 Å². The van der Waals surface area contributed by atoms with Crippen LogP contribution in [0.3, 0.4) is 0 Å². The Labute approximate surface area is 220 Å². The second-order valence-corrected chi connectivity index (χ2v) is 10.7. The minimum Gasteiger partial charge on any atom is -0.488 e. The zero-order valence-corrected chi connectivity index (χ0v) is 21.8. The predicted octanol–water partition coefficient (Wildman–Crippen LogP) is 5.35. The van der Waals surface area contributed by atoms with Crippen molar-refractivity contribution < 1.29 is 27.8 Å². The van der Waals surface area contributed by atoms with Crippen LogP contribution in [0.15, 0.2) is 39.5 Å². The lowest BCUT2D eigenvalue weighted by Crippen LogP contribution is -2.54. The number of fused-ring (bicyclic) bond motifs is 2. The van der Waals surface area contributed by atoms with Crippen LogP contribution in [0, 0.1) is 31.4 Å². The van der Waals surface area contributed by atoms with Crippen LogP contribution in [0.4, 0.5) is 8.78 Å². The number of benzene rings is 2. The summed E-state index contributed by atoms with van der Waals surface area (Å²) in [6.45, 7) is 4.62. The van der Waals surface area contributed by atoms with Crippen LogP contribution in [-0.2, 0) is 17.8 Å². The lowest BCUT2D eigenvalue weighted by atomic mass is 9.71. The van der Waals surface area contributed by atoms with Gasteiger partial charge in [0.2, 0.25) is 5.91 Å². The van der Waals surface area contributed by atoms with Gasteiger partial charge in [0.05, 0.1) is 5.60 Å². The highest BCUT2D eigenvalue weighted by molar-refractivity contribution is 5.86. The van der Waals surface area contributed by atoms with E-state index in [1.165, 1.54) is 12.1 Å². The molecule has 2 aliphatic rings. The number of carbonyl (C=O) groups excluding carboxylic acids is 1. The fourth-order valence-electron chi connectivity index (χ4n) is 6.00. The van der Waals surface area contributed by atoms with Gasteiger partial charge >= 0.3 is 5.63 Å². The van der Waals surface area contributed by atoms with E-state index in [1.807, 2.05) is 11.8 Å². The molecule has 0 spiro atoms. The van der Waals surface area contributed by atoms with Crippen molar-refractivity contribution in [2.24, 2.45) is 5.92 Å². The number of aliphatic hydroxyl groups is 1. The fourth-order valence-corrected chi connectivity index (χ4v) is 6.00. The Balaban J connectivity index is 1.29. The van der Waals surface area contributed by atoms with E-state index in [0.717, 1.165) is 42.7 Å². The van der Waals surface area contributed by atoms with Crippen LogP contribution >= 0.6 is 0 Å². The molecule has 0 unspecified atom stereocenters. The maximum absolute atomic E-state index is 14.0. The van der Waals surface area contributed by atoms with Gasteiger partial charge in [-0.1, -0.05) is 12.8 Å². The molecule has 5 rings (SSSR count). The monoisotopic (exact) mass is 525 g/mol. The lowest BCUT2D eigenvalue weighted by Gasteiger charge is -2.47. The summed E-state index contributed by atoms with van der Waals surface area (Å²) in [4.78, 5) is 27.8. The number of hydrogen-bond acceptors (Lipinski definition) is 5. The maximum atomic E-state index is 14.0. The summed E-state index contributed by atoms with van der Waals surface area (Å²) < 4.78 is 38.6. The Kier molecular flexibility index (Phi) is 7.27. The first kappa shape index (κ1) is 26.4. The average molecular weight is 526 g/mol. The number of piperidine rings is 1. The van der Waals surface area contributed by atoms with Gasteiger partial charge in [-0.15, -0.1) is 0 Å². The topological polar surface area (TPSA) is 80.0 Å². The Bertz CT molecular complexity index is 1430. The van der Waals surface area contributed by atoms with Crippen LogP contribution in [0.5, 0.6) is 5.75 Å². The third kappa shape index (κ3) is 5.06. The van der Waals surface area contributed by atoms with Gasteiger partial charge in [-0.3, -0.25) is 4.79 Å². The molecule has 202 valence electrons. The minimum absolute atomic E-state index is 0.00975. The number of amides is 1. The van der Waals surface area contributed by atoms with Crippen LogP contribution in [0.2, 0.25) is 0 Å². The van der Waals surface area contributed by atoms with E-state index >= 15 is 0 Å². The molecule has 0 radical (unpaired) electrons. The van der Waals surface area contributed by atoms with E-state index in [2.05, 4.69) is 0 Å². The van der Waals surface area contributed by atoms with E-state index in [1.54, 1.807) is 19.1 Å². The first-order chi connectivity index (χ1) is 18.2. The quantitative estimate of drug-likeness (QED) is 0.439. The summed E-state index contributed by atoms with van der Waals surface area (Å²) in [5.74, 6) is -0.802. The fraction of sp³-hybridized carbons (Fsp3) is 0.467. The molecule has 38 heavy (non-hydrogen) atoms. The van der Waals surface area contributed by atoms with Crippen molar-refractivity contribution in [2.75, 3.05) is 13.1 Å². The number of hydrogen-bond donors (Lipinski definition) is 1. The van der Waals surface area contributed by atoms with Crippen molar-refractivity contribution in [3.8, 4) is 5.75 Å². The van der Waals surface area contributed by atoms with Crippen molar-refractivity contribution in [1.29, 1.82) is 0 Å². The molecule has 2 fully saturated rings. The molecule has 0 bridgehead atoms. The average Bonchev–Trinajstić information content (AvgIpc) is 2.88. The van der Waals surface area contributed by atoms with Crippen molar-refractivity contribution in [2.45, 2.75) is 71.0 Å². The molecule has 2 aromatic carbocycles. The van der Waals surface area contributed by atoms with E-state index in [9.17, 15) is 23.5 Å². The summed E-state index contributed by atoms with van der Waals surface area (Å²) in [5, 5.41) is 11.6. The summed E-state index contributed by atoms with van der Waals surface area (Å²) in [6, 6.07) is 6.83. The van der Waals surface area contributed by atoms with Crippen molar-refractivity contribution in [3.63, 3.8) is 0 Å². The number of aryl methyl sites for hydroxylation is 2. The Morgan fingerprint density at radius 2 is 1.97 bits per heavy atom. The van der Waals surface area contributed by atoms with Crippen molar-refractivity contribution >= 4 is 16.9 Å². The molecule has 1 aliphatic heterocycles. The van der Waals surface area contributed by atoms with Gasteiger partial charge in [-0.2, -0.15) is 0 Å². The van der Waals surface area contributed by atoms with Gasteiger partial charge in [0.15, 0.2) is 0 Å². The molecular weight excluding hydrogens is 492 g/mol. The molecule has 1 aliphatic carbocycles. The highest BCUT2D eigenvalue weighted by Crippen LogP contribution is 2.40. The number of likely N-dealkylation sites (tertiary alicyclic amines) is 1. The number of rotatable bonds is 6. The van der Waals surface area contributed by atoms with Gasteiger partial charge in [-0.25, -0.2) is 13.6 Å². The molecule has 1 aromatic heterocycles. The molecule has 2 heterocycles. The largest absolute Gasteiger partial charge is 0.488 e. The summed E-state index contributed by atoms with van der Waals surface area (Å²) in [6.07, 6.45) is 4.96. The molecular formula is C30H33F2NO5. The van der Waals surface area contributed by atoms with Crippen molar-refractivity contribution in [1.82, 2.24) is 4.90 Å². The summed E-state index contributed by atoms with van der Waals surface area (Å²) >= 11 is 0. The molecule has 6 nitrogen and oxygen atoms in total. The van der Waals surface area contributed by atoms with E-state index in [4.69, 9.17) is 9.15 Å². The number of halogens is 2. The normalized spacial score (nSPS) is 21.4. The number of ether oxygens (including phenoxy) is 1. The van der Waals surface area contributed by atoms with Crippen LogP contribution in [0.25, 0.3) is 11.0 Å². The number of nitrogens with zero attached hydrogens (tertiary/aromatic N) is 1. The number of carbonyl (C=O) groups is 1. The SMILES string of the molecule is Cc1c(CCC(=O)N2CC[C@@]3(O)CCCC[C@@H]3C2)c(=O)oc2c(C)c(OCc3ccc(F)cc3F)ccc12. The molecule has 8 heteroatoms. The second-order valence-electron chi connectivity index (χ2n) is 10.7. The molecule has 3 aromatic rings. The standard InChI is InChI=1S/C30H33F2NO5/c1-18-23-8-10-26(37-17-20-6-7-22(31)15-25(20)32)19(2)28(23)38-29(35)24(18)9-11-27(34)33-14-13-30(36)12-4-3-5-21(30)16-33/h6-8,10,15,21,36H,3-5,9,11-14,16-17H2,1-2H3/t21-,30+/m1/s1.